The molecule has 8 heteroatoms. The molecule has 0 aliphatic heterocycles. The number of fused-ring (bicyclic) bond motifs is 2. The number of anilines is 1. The molecule has 188 valence electrons. The van der Waals surface area contributed by atoms with E-state index in [0.717, 1.165) is 60.5 Å². The molecule has 0 aliphatic carbocycles. The van der Waals surface area contributed by atoms with Gasteiger partial charge < -0.3 is 10.3 Å². The summed E-state index contributed by atoms with van der Waals surface area (Å²) in [5.41, 5.74) is 8.17. The van der Waals surface area contributed by atoms with Gasteiger partial charge in [-0.1, -0.05) is 42.5 Å². The highest BCUT2D eigenvalue weighted by molar-refractivity contribution is 7.13. The highest BCUT2D eigenvalue weighted by Crippen LogP contribution is 2.35. The van der Waals surface area contributed by atoms with Crippen LogP contribution in [0.3, 0.4) is 0 Å². The van der Waals surface area contributed by atoms with E-state index in [9.17, 15) is 4.79 Å². The molecule has 0 unspecified atom stereocenters. The Kier molecular flexibility index (Phi) is 5.71. The molecule has 0 atom stereocenters. The van der Waals surface area contributed by atoms with Gasteiger partial charge in [0.05, 0.1) is 40.1 Å². The minimum Gasteiger partial charge on any atom is -0.353 e. The van der Waals surface area contributed by atoms with Crippen molar-refractivity contribution in [2.75, 3.05) is 5.32 Å². The van der Waals surface area contributed by atoms with Gasteiger partial charge in [-0.15, -0.1) is 11.3 Å². The summed E-state index contributed by atoms with van der Waals surface area (Å²) < 4.78 is 0. The maximum Gasteiger partial charge on any atom is 0.228 e. The molecule has 0 radical (unpaired) electrons. The molecule has 39 heavy (non-hydrogen) atoms. The lowest BCUT2D eigenvalue weighted by molar-refractivity contribution is -0.115. The lowest BCUT2D eigenvalue weighted by atomic mass is 10.0. The van der Waals surface area contributed by atoms with Crippen LogP contribution in [-0.2, 0) is 11.2 Å². The van der Waals surface area contributed by atoms with Crippen molar-refractivity contribution in [3.63, 3.8) is 0 Å². The molecule has 5 aromatic heterocycles. The lowest BCUT2D eigenvalue weighted by Crippen LogP contribution is -2.14. The Morgan fingerprint density at radius 3 is 2.62 bits per heavy atom. The predicted octanol–water partition coefficient (Wildman–Crippen LogP) is 7.08. The van der Waals surface area contributed by atoms with E-state index in [1.165, 1.54) is 0 Å². The first-order chi connectivity index (χ1) is 19.2. The normalized spacial score (nSPS) is 11.3. The van der Waals surface area contributed by atoms with E-state index in [1.54, 1.807) is 23.7 Å². The van der Waals surface area contributed by atoms with E-state index >= 15 is 0 Å². The van der Waals surface area contributed by atoms with Gasteiger partial charge in [0.2, 0.25) is 5.91 Å². The molecule has 7 rings (SSSR count). The van der Waals surface area contributed by atoms with Crippen molar-refractivity contribution in [3.8, 4) is 33.1 Å². The fourth-order valence-corrected chi connectivity index (χ4v) is 5.58. The number of carbonyl (C=O) groups excluding carboxylic acids is 1. The number of thiophene rings is 1. The first-order valence-electron chi connectivity index (χ1n) is 12.5. The lowest BCUT2D eigenvalue weighted by Gasteiger charge is -2.08. The summed E-state index contributed by atoms with van der Waals surface area (Å²) >= 11 is 1.67. The smallest absolute Gasteiger partial charge is 0.228 e. The number of rotatable bonds is 6. The monoisotopic (exact) mass is 526 g/mol. The zero-order valence-electron chi connectivity index (χ0n) is 20.7. The highest BCUT2D eigenvalue weighted by atomic mass is 32.1. The van der Waals surface area contributed by atoms with Crippen LogP contribution in [-0.4, -0.2) is 31.1 Å². The molecule has 0 saturated carbocycles. The molecule has 0 bridgehead atoms. The molecule has 0 fully saturated rings. The topological polar surface area (TPSA) is 99.3 Å². The number of amides is 1. The molecule has 1 amide bonds. The number of hydrogen-bond donors (Lipinski definition) is 3. The quantitative estimate of drug-likeness (QED) is 0.216. The van der Waals surface area contributed by atoms with E-state index in [-0.39, 0.29) is 5.91 Å². The third-order valence-electron chi connectivity index (χ3n) is 6.68. The first kappa shape index (κ1) is 23.1. The third-order valence-corrected chi connectivity index (χ3v) is 7.56. The minimum atomic E-state index is -0.0806. The van der Waals surface area contributed by atoms with E-state index < -0.39 is 0 Å². The minimum absolute atomic E-state index is 0.0806. The largest absolute Gasteiger partial charge is 0.353 e. The molecule has 7 aromatic rings. The number of benzene rings is 2. The molecule has 5 heterocycles. The number of nitrogens with zero attached hydrogens (tertiary/aromatic N) is 3. The van der Waals surface area contributed by atoms with E-state index in [4.69, 9.17) is 0 Å². The van der Waals surface area contributed by atoms with Crippen molar-refractivity contribution in [2.24, 2.45) is 0 Å². The Balaban J connectivity index is 1.21. The Labute approximate surface area is 227 Å². The van der Waals surface area contributed by atoms with Crippen LogP contribution >= 0.6 is 11.3 Å². The van der Waals surface area contributed by atoms with Gasteiger partial charge in [-0.3, -0.25) is 19.9 Å². The number of pyridine rings is 2. The number of hydrogen-bond acceptors (Lipinski definition) is 5. The second-order valence-corrected chi connectivity index (χ2v) is 10.2. The zero-order valence-corrected chi connectivity index (χ0v) is 21.5. The van der Waals surface area contributed by atoms with Crippen LogP contribution in [0.4, 0.5) is 5.69 Å². The van der Waals surface area contributed by atoms with E-state index in [1.807, 2.05) is 66.9 Å². The number of nitrogens with one attached hydrogen (secondary N) is 3. The summed E-state index contributed by atoms with van der Waals surface area (Å²) in [4.78, 5) is 26.3. The Morgan fingerprint density at radius 1 is 0.846 bits per heavy atom. The van der Waals surface area contributed by atoms with Crippen LogP contribution < -0.4 is 5.32 Å². The molecule has 7 nitrogen and oxygen atoms in total. The standard InChI is InChI=1S/C31H22N6OS/c38-29(13-19-5-2-1-3-6-19)34-22-14-21(17-32-18-22)20-8-9-26-23(15-20)30(37-36-26)27-16-24-25(35-27)10-11-33-31(24)28-7-4-12-39-28/h1-12,14-18,35H,13H2,(H,34,38)(H,36,37). The van der Waals surface area contributed by atoms with Crippen molar-refractivity contribution >= 4 is 44.7 Å². The van der Waals surface area contributed by atoms with Gasteiger partial charge in [0.1, 0.15) is 5.69 Å². The summed E-state index contributed by atoms with van der Waals surface area (Å²) in [5.74, 6) is -0.0806. The van der Waals surface area contributed by atoms with Crippen LogP contribution in [0.25, 0.3) is 54.9 Å². The number of aromatic amines is 2. The van der Waals surface area contributed by atoms with Crippen molar-refractivity contribution in [3.05, 3.63) is 108 Å². The van der Waals surface area contributed by atoms with Gasteiger partial charge in [-0.05, 0) is 52.9 Å². The summed E-state index contributed by atoms with van der Waals surface area (Å²) in [5, 5.41) is 14.9. The van der Waals surface area contributed by atoms with E-state index in [2.05, 4.69) is 54.0 Å². The first-order valence-corrected chi connectivity index (χ1v) is 13.4. The van der Waals surface area contributed by atoms with Gasteiger partial charge in [0.25, 0.3) is 0 Å². The molecule has 0 aliphatic rings. The highest BCUT2D eigenvalue weighted by Gasteiger charge is 2.15. The summed E-state index contributed by atoms with van der Waals surface area (Å²) in [6.07, 6.45) is 5.61. The second-order valence-electron chi connectivity index (χ2n) is 9.29. The molecular formula is C31H22N6OS. The molecule has 3 N–H and O–H groups in total. The van der Waals surface area contributed by atoms with Crippen molar-refractivity contribution in [1.82, 2.24) is 25.1 Å². The van der Waals surface area contributed by atoms with Crippen molar-refractivity contribution < 1.29 is 4.79 Å². The maximum absolute atomic E-state index is 12.6. The Bertz CT molecular complexity index is 1940. The van der Waals surface area contributed by atoms with Gasteiger partial charge in [0.15, 0.2) is 0 Å². The van der Waals surface area contributed by atoms with Crippen LogP contribution in [0.15, 0.2) is 103 Å². The maximum atomic E-state index is 12.6. The molecular weight excluding hydrogens is 504 g/mol. The fourth-order valence-electron chi connectivity index (χ4n) is 4.84. The van der Waals surface area contributed by atoms with Gasteiger partial charge in [-0.25, -0.2) is 0 Å². The fraction of sp³-hybridized carbons (Fsp3) is 0.0323. The average Bonchev–Trinajstić information content (AvgIpc) is 3.73. The Hall–Kier alpha value is -5.08. The van der Waals surface area contributed by atoms with Gasteiger partial charge >= 0.3 is 0 Å². The summed E-state index contributed by atoms with van der Waals surface area (Å²) in [7, 11) is 0. The molecule has 2 aromatic carbocycles. The van der Waals surface area contributed by atoms with Crippen LogP contribution in [0.5, 0.6) is 0 Å². The summed E-state index contributed by atoms with van der Waals surface area (Å²) in [6, 6.07) is 26.0. The number of carbonyl (C=O) groups is 1. The Morgan fingerprint density at radius 2 is 1.74 bits per heavy atom. The predicted molar refractivity (Wildman–Crippen MR) is 157 cm³/mol. The van der Waals surface area contributed by atoms with Gasteiger partial charge in [0, 0.05) is 34.2 Å². The van der Waals surface area contributed by atoms with E-state index in [0.29, 0.717) is 12.1 Å². The third kappa shape index (κ3) is 4.47. The van der Waals surface area contributed by atoms with Crippen LogP contribution in [0.2, 0.25) is 0 Å². The number of aromatic nitrogens is 5. The summed E-state index contributed by atoms with van der Waals surface area (Å²) in [6.45, 7) is 0. The van der Waals surface area contributed by atoms with Crippen LogP contribution in [0.1, 0.15) is 5.56 Å². The molecule has 0 saturated heterocycles. The average molecular weight is 527 g/mol. The second kappa shape index (κ2) is 9.66. The zero-order chi connectivity index (χ0) is 26.2. The van der Waals surface area contributed by atoms with Crippen molar-refractivity contribution in [2.45, 2.75) is 6.42 Å². The SMILES string of the molecule is O=C(Cc1ccccc1)Nc1cncc(-c2ccc3[nH]nc(-c4cc5c(-c6cccs6)nccc5[nH]4)c3c2)c1. The van der Waals surface area contributed by atoms with Crippen LogP contribution in [0, 0.1) is 0 Å². The van der Waals surface area contributed by atoms with Gasteiger partial charge in [-0.2, -0.15) is 5.10 Å². The molecule has 0 spiro atoms. The number of H-pyrrole nitrogens is 2. The van der Waals surface area contributed by atoms with Crippen molar-refractivity contribution in [1.29, 1.82) is 0 Å².